The Bertz CT molecular complexity index is 1500. The maximum Gasteiger partial charge on any atom is 0.418 e. The molecule has 3 heterocycles. The van der Waals surface area contributed by atoms with Gasteiger partial charge in [0.1, 0.15) is 5.69 Å². The zero-order valence-corrected chi connectivity index (χ0v) is 20.9. The van der Waals surface area contributed by atoms with Crippen LogP contribution in [0.2, 0.25) is 0 Å². The van der Waals surface area contributed by atoms with E-state index >= 15 is 0 Å². The average molecular weight is 522 g/mol. The second-order valence-corrected chi connectivity index (χ2v) is 9.55. The summed E-state index contributed by atoms with van der Waals surface area (Å²) >= 11 is 0. The lowest BCUT2D eigenvalue weighted by molar-refractivity contribution is -0.138. The molecule has 0 saturated carbocycles. The number of rotatable bonds is 4. The molecule has 2 atom stereocenters. The number of alkyl halides is 3. The van der Waals surface area contributed by atoms with Gasteiger partial charge in [0.15, 0.2) is 0 Å². The van der Waals surface area contributed by atoms with E-state index in [4.69, 9.17) is 0 Å². The number of fused-ring (bicyclic) bond motifs is 1. The van der Waals surface area contributed by atoms with Gasteiger partial charge in [-0.1, -0.05) is 30.3 Å². The number of aromatic nitrogens is 3. The summed E-state index contributed by atoms with van der Waals surface area (Å²) in [5.74, 6) is -1.36. The van der Waals surface area contributed by atoms with Crippen molar-refractivity contribution in [3.63, 3.8) is 0 Å². The summed E-state index contributed by atoms with van der Waals surface area (Å²) in [5, 5.41) is 2.78. The number of imidazole rings is 1. The van der Waals surface area contributed by atoms with E-state index in [1.807, 2.05) is 61.0 Å². The Balaban J connectivity index is 1.42. The molecule has 1 aliphatic rings. The van der Waals surface area contributed by atoms with E-state index in [-0.39, 0.29) is 11.8 Å². The summed E-state index contributed by atoms with van der Waals surface area (Å²) in [6.45, 7) is 2.54. The highest BCUT2D eigenvalue weighted by Crippen LogP contribution is 2.32. The van der Waals surface area contributed by atoms with E-state index in [9.17, 15) is 22.8 Å². The van der Waals surface area contributed by atoms with Gasteiger partial charge in [0.05, 0.1) is 22.9 Å². The van der Waals surface area contributed by atoms with Gasteiger partial charge >= 0.3 is 6.18 Å². The first-order valence-electron chi connectivity index (χ1n) is 12.2. The molecule has 38 heavy (non-hydrogen) atoms. The number of pyridine rings is 1. The monoisotopic (exact) mass is 521 g/mol. The molecule has 196 valence electrons. The largest absolute Gasteiger partial charge is 0.418 e. The summed E-state index contributed by atoms with van der Waals surface area (Å²) in [5.41, 5.74) is 2.25. The van der Waals surface area contributed by atoms with E-state index in [1.165, 1.54) is 6.20 Å². The molecule has 1 saturated heterocycles. The Kier molecular flexibility index (Phi) is 6.64. The molecule has 0 unspecified atom stereocenters. The Morgan fingerprint density at radius 2 is 1.82 bits per heavy atom. The minimum atomic E-state index is -4.71. The first-order valence-corrected chi connectivity index (χ1v) is 12.2. The minimum absolute atomic E-state index is 0.147. The van der Waals surface area contributed by atoms with Gasteiger partial charge in [-0.05, 0) is 48.7 Å². The number of hydrogen-bond acceptors (Lipinski definition) is 4. The number of hydrogen-bond donors (Lipinski definition) is 1. The molecule has 1 aliphatic heterocycles. The third-order valence-electron chi connectivity index (χ3n) is 7.04. The fourth-order valence-electron chi connectivity index (χ4n) is 5.11. The van der Waals surface area contributed by atoms with Crippen LogP contribution in [0.25, 0.3) is 11.0 Å². The van der Waals surface area contributed by atoms with Gasteiger partial charge in [-0.3, -0.25) is 14.6 Å². The molecule has 2 amide bonds. The highest BCUT2D eigenvalue weighted by atomic mass is 19.4. The zero-order valence-electron chi connectivity index (χ0n) is 20.9. The molecule has 2 aromatic carbocycles. The minimum Gasteiger partial charge on any atom is -0.347 e. The zero-order chi connectivity index (χ0) is 27.0. The van der Waals surface area contributed by atoms with Crippen LogP contribution in [0.15, 0.2) is 67.1 Å². The third kappa shape index (κ3) is 4.85. The summed E-state index contributed by atoms with van der Waals surface area (Å²) in [6.07, 6.45) is -1.46. The topological polar surface area (TPSA) is 80.1 Å². The predicted molar refractivity (Wildman–Crippen MR) is 136 cm³/mol. The van der Waals surface area contributed by atoms with Gasteiger partial charge in [-0.25, -0.2) is 4.98 Å². The van der Waals surface area contributed by atoms with Crippen molar-refractivity contribution in [1.29, 1.82) is 0 Å². The maximum absolute atomic E-state index is 13.6. The van der Waals surface area contributed by atoms with Crippen molar-refractivity contribution in [2.24, 2.45) is 7.05 Å². The Hall–Kier alpha value is -4.21. The van der Waals surface area contributed by atoms with Crippen molar-refractivity contribution in [3.05, 3.63) is 95.1 Å². The van der Waals surface area contributed by atoms with Crippen LogP contribution in [0, 0.1) is 6.92 Å². The molecule has 4 aromatic rings. The number of nitrogens with zero attached hydrogens (tertiary/aromatic N) is 4. The first-order chi connectivity index (χ1) is 18.1. The predicted octanol–water partition coefficient (Wildman–Crippen LogP) is 4.72. The van der Waals surface area contributed by atoms with Gasteiger partial charge in [-0.15, -0.1) is 0 Å². The van der Waals surface area contributed by atoms with Crippen LogP contribution in [0.3, 0.4) is 0 Å². The summed E-state index contributed by atoms with van der Waals surface area (Å²) in [4.78, 5) is 36.4. The molecule has 5 rings (SSSR count). The molecular weight excluding hydrogens is 495 g/mol. The van der Waals surface area contributed by atoms with Crippen LogP contribution >= 0.6 is 0 Å². The average Bonchev–Trinajstić information content (AvgIpc) is 3.29. The van der Waals surface area contributed by atoms with Gasteiger partial charge in [0.2, 0.25) is 0 Å². The van der Waals surface area contributed by atoms with Crippen LogP contribution in [0.4, 0.5) is 13.2 Å². The second kappa shape index (κ2) is 9.92. The smallest absolute Gasteiger partial charge is 0.347 e. The normalized spacial score (nSPS) is 18.0. The number of halogens is 3. The number of benzene rings is 2. The SMILES string of the molecule is Cc1cc(C(=O)N2CC[C@@H](NC(=O)c3ncccc3C(F)(F)F)[C@@H](c3ccccc3)C2)cc2c1ncn2C. The Labute approximate surface area is 217 Å². The van der Waals surface area contributed by atoms with Gasteiger partial charge in [0.25, 0.3) is 11.8 Å². The van der Waals surface area contributed by atoms with E-state index in [0.29, 0.717) is 25.1 Å². The van der Waals surface area contributed by atoms with Crippen LogP contribution in [-0.4, -0.2) is 50.4 Å². The highest BCUT2D eigenvalue weighted by Gasteiger charge is 2.38. The second-order valence-electron chi connectivity index (χ2n) is 9.55. The van der Waals surface area contributed by atoms with E-state index < -0.39 is 29.4 Å². The molecular formula is C28H26F3N5O2. The van der Waals surface area contributed by atoms with Crippen molar-refractivity contribution >= 4 is 22.8 Å². The first kappa shape index (κ1) is 25.4. The number of aryl methyl sites for hydroxylation is 2. The molecule has 7 nitrogen and oxygen atoms in total. The van der Waals surface area contributed by atoms with Crippen LogP contribution in [-0.2, 0) is 13.2 Å². The number of carbonyl (C=O) groups is 2. The fraction of sp³-hybridized carbons (Fsp3) is 0.286. The van der Waals surface area contributed by atoms with Crippen molar-refractivity contribution in [2.75, 3.05) is 13.1 Å². The molecule has 0 radical (unpaired) electrons. The lowest BCUT2D eigenvalue weighted by Gasteiger charge is -2.39. The lowest BCUT2D eigenvalue weighted by Crippen LogP contribution is -2.51. The van der Waals surface area contributed by atoms with Crippen molar-refractivity contribution in [1.82, 2.24) is 24.8 Å². The summed E-state index contributed by atoms with van der Waals surface area (Å²) < 4.78 is 42.3. The number of likely N-dealkylation sites (tertiary alicyclic amines) is 1. The third-order valence-corrected chi connectivity index (χ3v) is 7.04. The number of amides is 2. The Morgan fingerprint density at radius 1 is 1.05 bits per heavy atom. The van der Waals surface area contributed by atoms with E-state index in [0.717, 1.165) is 34.3 Å². The summed E-state index contributed by atoms with van der Waals surface area (Å²) in [7, 11) is 1.87. The van der Waals surface area contributed by atoms with Crippen molar-refractivity contribution in [3.8, 4) is 0 Å². The Morgan fingerprint density at radius 3 is 2.55 bits per heavy atom. The number of nitrogens with one attached hydrogen (secondary N) is 1. The number of carbonyl (C=O) groups excluding carboxylic acids is 2. The number of piperidine rings is 1. The van der Waals surface area contributed by atoms with Crippen LogP contribution in [0.5, 0.6) is 0 Å². The molecule has 0 bridgehead atoms. The highest BCUT2D eigenvalue weighted by molar-refractivity contribution is 5.98. The van der Waals surface area contributed by atoms with E-state index in [1.54, 1.807) is 11.2 Å². The van der Waals surface area contributed by atoms with Gasteiger partial charge < -0.3 is 14.8 Å². The van der Waals surface area contributed by atoms with E-state index in [2.05, 4.69) is 15.3 Å². The molecule has 1 fully saturated rings. The van der Waals surface area contributed by atoms with Crippen LogP contribution < -0.4 is 5.32 Å². The molecule has 0 aliphatic carbocycles. The molecule has 0 spiro atoms. The van der Waals surface area contributed by atoms with Gasteiger partial charge in [0, 0.05) is 43.9 Å². The lowest BCUT2D eigenvalue weighted by atomic mass is 9.85. The fourth-order valence-corrected chi connectivity index (χ4v) is 5.11. The molecule has 1 N–H and O–H groups in total. The standard InChI is InChI=1S/C28H26F3N5O2/c1-17-13-19(14-23-24(17)33-16-35(23)2)27(38)36-12-10-22(20(15-36)18-7-4-3-5-8-18)34-26(37)25-21(28(29,30)31)9-6-11-32-25/h3-9,11,13-14,16,20,22H,10,12,15H2,1-2H3,(H,34,37)/t20-,22-/m1/s1. The molecule has 10 heteroatoms. The van der Waals surface area contributed by atoms with Gasteiger partial charge in [-0.2, -0.15) is 13.2 Å². The van der Waals surface area contributed by atoms with Crippen LogP contribution in [0.1, 0.15) is 49.9 Å². The quantitative estimate of drug-likeness (QED) is 0.421. The maximum atomic E-state index is 13.6. The van der Waals surface area contributed by atoms with Crippen molar-refractivity contribution in [2.45, 2.75) is 31.5 Å². The summed E-state index contributed by atoms with van der Waals surface area (Å²) in [6, 6.07) is 14.5. The molecule has 2 aromatic heterocycles. The van der Waals surface area contributed by atoms with Crippen molar-refractivity contribution < 1.29 is 22.8 Å².